The van der Waals surface area contributed by atoms with Gasteiger partial charge in [-0.25, -0.2) is 18.2 Å². The molecule has 1 aromatic heterocycles. The molecule has 6 rings (SSSR count). The molecule has 1 amide bonds. The van der Waals surface area contributed by atoms with Crippen LogP contribution in [0.25, 0.3) is 0 Å². The third-order valence-corrected chi connectivity index (χ3v) is 8.69. The van der Waals surface area contributed by atoms with E-state index in [9.17, 15) is 9.18 Å². The lowest BCUT2D eigenvalue weighted by molar-refractivity contribution is -0.120. The maximum absolute atomic E-state index is 15.0. The first kappa shape index (κ1) is 26.7. The zero-order valence-corrected chi connectivity index (χ0v) is 22.8. The molecule has 1 heterocycles. The van der Waals surface area contributed by atoms with E-state index in [1.807, 2.05) is 48.1 Å². The fourth-order valence-corrected chi connectivity index (χ4v) is 6.31. The Bertz CT molecular complexity index is 1530. The number of amides is 1. The SMILES string of the molecule is Cn1ccnc1CN(C(=O)C1CC1c1ccccc1)c1ccc2c(c1)C(NSc1cccc(F)c1)CCC2(F)F. The summed E-state index contributed by atoms with van der Waals surface area (Å²) in [5, 5.41) is 0. The van der Waals surface area contributed by atoms with Crippen LogP contribution < -0.4 is 9.62 Å². The summed E-state index contributed by atoms with van der Waals surface area (Å²) in [6.45, 7) is 0.228. The van der Waals surface area contributed by atoms with Crippen molar-refractivity contribution in [1.82, 2.24) is 14.3 Å². The van der Waals surface area contributed by atoms with Gasteiger partial charge < -0.3 is 9.47 Å². The lowest BCUT2D eigenvalue weighted by Crippen LogP contribution is -2.34. The molecule has 1 N–H and O–H groups in total. The molecule has 1 saturated carbocycles. The largest absolute Gasteiger partial charge is 0.337 e. The molecule has 0 bridgehead atoms. The van der Waals surface area contributed by atoms with Crippen LogP contribution in [0.2, 0.25) is 0 Å². The average molecular weight is 563 g/mol. The Hall–Kier alpha value is -3.56. The van der Waals surface area contributed by atoms with Gasteiger partial charge in [0.25, 0.3) is 5.92 Å². The van der Waals surface area contributed by atoms with Gasteiger partial charge in [0.1, 0.15) is 11.6 Å². The van der Waals surface area contributed by atoms with Crippen LogP contribution in [0.1, 0.15) is 53.7 Å². The van der Waals surface area contributed by atoms with Crippen LogP contribution in [0.4, 0.5) is 18.9 Å². The van der Waals surface area contributed by atoms with Crippen molar-refractivity contribution in [2.45, 2.75) is 48.6 Å². The van der Waals surface area contributed by atoms with Gasteiger partial charge in [0.2, 0.25) is 5.91 Å². The number of carbonyl (C=O) groups excluding carboxylic acids is 1. The van der Waals surface area contributed by atoms with E-state index < -0.39 is 12.0 Å². The Labute approximate surface area is 235 Å². The summed E-state index contributed by atoms with van der Waals surface area (Å²) >= 11 is 1.22. The maximum atomic E-state index is 15.0. The number of rotatable bonds is 8. The number of anilines is 1. The van der Waals surface area contributed by atoms with E-state index in [2.05, 4.69) is 9.71 Å². The van der Waals surface area contributed by atoms with Crippen molar-refractivity contribution in [2.24, 2.45) is 13.0 Å². The molecule has 2 aliphatic carbocycles. The van der Waals surface area contributed by atoms with Crippen LogP contribution in [0.3, 0.4) is 0 Å². The first-order chi connectivity index (χ1) is 19.3. The normalized spacial score (nSPS) is 21.1. The third kappa shape index (κ3) is 5.40. The molecule has 0 spiro atoms. The third-order valence-electron chi connectivity index (χ3n) is 7.80. The predicted molar refractivity (Wildman–Crippen MR) is 149 cm³/mol. The van der Waals surface area contributed by atoms with Crippen LogP contribution in [0.15, 0.2) is 90.1 Å². The molecule has 0 aliphatic heterocycles. The number of benzene rings is 3. The Morgan fingerprint density at radius 2 is 1.95 bits per heavy atom. The molecule has 9 heteroatoms. The number of fused-ring (bicyclic) bond motifs is 1. The van der Waals surface area contributed by atoms with Crippen LogP contribution in [-0.4, -0.2) is 15.5 Å². The minimum absolute atomic E-state index is 0.0435. The van der Waals surface area contributed by atoms with Gasteiger partial charge in [-0.2, -0.15) is 0 Å². The van der Waals surface area contributed by atoms with E-state index in [0.717, 1.165) is 12.0 Å². The minimum atomic E-state index is -2.97. The van der Waals surface area contributed by atoms with Crippen LogP contribution in [-0.2, 0) is 24.3 Å². The van der Waals surface area contributed by atoms with Crippen molar-refractivity contribution < 1.29 is 18.0 Å². The number of hydrogen-bond donors (Lipinski definition) is 1. The van der Waals surface area contributed by atoms with E-state index >= 15 is 8.78 Å². The second kappa shape index (κ2) is 10.8. The van der Waals surface area contributed by atoms with Crippen molar-refractivity contribution in [3.63, 3.8) is 0 Å². The zero-order valence-electron chi connectivity index (χ0n) is 21.9. The summed E-state index contributed by atoms with van der Waals surface area (Å²) in [6, 6.07) is 20.5. The van der Waals surface area contributed by atoms with Gasteiger partial charge in [0, 0.05) is 54.0 Å². The number of aromatic nitrogens is 2. The maximum Gasteiger partial charge on any atom is 0.273 e. The Balaban J connectivity index is 1.32. The molecule has 3 atom stereocenters. The van der Waals surface area contributed by atoms with Crippen molar-refractivity contribution >= 4 is 23.5 Å². The molecule has 40 heavy (non-hydrogen) atoms. The molecule has 206 valence electrons. The number of hydrogen-bond acceptors (Lipinski definition) is 4. The number of imidazole rings is 1. The fraction of sp³-hybridized carbons (Fsp3) is 0.290. The number of nitrogens with one attached hydrogen (secondary N) is 1. The fourth-order valence-electron chi connectivity index (χ4n) is 5.47. The molecule has 4 aromatic rings. The molecular weight excluding hydrogens is 533 g/mol. The summed E-state index contributed by atoms with van der Waals surface area (Å²) < 4.78 is 48.9. The first-order valence-corrected chi connectivity index (χ1v) is 14.1. The van der Waals surface area contributed by atoms with Crippen molar-refractivity contribution in [3.05, 3.63) is 114 Å². The highest BCUT2D eigenvalue weighted by Gasteiger charge is 2.47. The molecule has 2 aliphatic rings. The van der Waals surface area contributed by atoms with Gasteiger partial charge in [-0.15, -0.1) is 0 Å². The quantitative estimate of drug-likeness (QED) is 0.232. The molecule has 1 fully saturated rings. The van der Waals surface area contributed by atoms with E-state index in [1.165, 1.54) is 30.1 Å². The summed E-state index contributed by atoms with van der Waals surface area (Å²) in [4.78, 5) is 20.7. The van der Waals surface area contributed by atoms with E-state index in [0.29, 0.717) is 22.0 Å². The zero-order chi connectivity index (χ0) is 27.9. The predicted octanol–water partition coefficient (Wildman–Crippen LogP) is 7.12. The highest BCUT2D eigenvalue weighted by Crippen LogP contribution is 2.50. The molecule has 0 radical (unpaired) electrons. The average Bonchev–Trinajstić information content (AvgIpc) is 3.66. The van der Waals surface area contributed by atoms with Crippen molar-refractivity contribution in [2.75, 3.05) is 4.90 Å². The lowest BCUT2D eigenvalue weighted by atomic mass is 9.85. The highest BCUT2D eigenvalue weighted by atomic mass is 32.2. The van der Waals surface area contributed by atoms with Crippen LogP contribution in [0.5, 0.6) is 0 Å². The van der Waals surface area contributed by atoms with E-state index in [1.54, 1.807) is 35.4 Å². The van der Waals surface area contributed by atoms with Gasteiger partial charge in [-0.3, -0.25) is 9.52 Å². The van der Waals surface area contributed by atoms with Crippen LogP contribution in [0, 0.1) is 11.7 Å². The smallest absolute Gasteiger partial charge is 0.273 e. The van der Waals surface area contributed by atoms with Gasteiger partial charge >= 0.3 is 0 Å². The van der Waals surface area contributed by atoms with Crippen LogP contribution >= 0.6 is 11.9 Å². The summed E-state index contributed by atoms with van der Waals surface area (Å²) in [7, 11) is 1.87. The van der Waals surface area contributed by atoms with Gasteiger partial charge in [0.15, 0.2) is 0 Å². The number of alkyl halides is 2. The topological polar surface area (TPSA) is 50.2 Å². The molecule has 5 nitrogen and oxygen atoms in total. The van der Waals surface area contributed by atoms with E-state index in [-0.39, 0.29) is 48.5 Å². The minimum Gasteiger partial charge on any atom is -0.337 e. The van der Waals surface area contributed by atoms with Gasteiger partial charge in [0.05, 0.1) is 6.54 Å². The van der Waals surface area contributed by atoms with Crippen molar-refractivity contribution in [1.29, 1.82) is 0 Å². The highest BCUT2D eigenvalue weighted by molar-refractivity contribution is 7.97. The number of carbonyl (C=O) groups is 1. The Morgan fingerprint density at radius 1 is 1.12 bits per heavy atom. The van der Waals surface area contributed by atoms with Gasteiger partial charge in [-0.05, 0) is 72.2 Å². The number of aryl methyl sites for hydroxylation is 1. The van der Waals surface area contributed by atoms with Crippen molar-refractivity contribution in [3.8, 4) is 0 Å². The molecule has 3 aromatic carbocycles. The summed E-state index contributed by atoms with van der Waals surface area (Å²) in [5.74, 6) is -2.72. The monoisotopic (exact) mass is 562 g/mol. The molecular formula is C31H29F3N4OS. The molecule has 0 saturated heterocycles. The standard InChI is InChI=1S/C31H29F3N4OS/c1-37-15-14-35-29(37)19-38(30(39)25-18-24(25)20-6-3-2-4-7-20)22-10-11-27-26(17-22)28(12-13-31(27,33)34)36-40-23-9-5-8-21(32)16-23/h2-11,14-17,24-25,28,36H,12-13,18-19H2,1H3. The second-order valence-corrected chi connectivity index (χ2v) is 11.4. The van der Waals surface area contributed by atoms with E-state index in [4.69, 9.17) is 0 Å². The molecule has 3 unspecified atom stereocenters. The Kier molecular flexibility index (Phi) is 7.18. The number of halogens is 3. The summed E-state index contributed by atoms with van der Waals surface area (Å²) in [5.41, 5.74) is 2.09. The Morgan fingerprint density at radius 3 is 2.70 bits per heavy atom. The number of nitrogens with zero attached hydrogens (tertiary/aromatic N) is 3. The van der Waals surface area contributed by atoms with Gasteiger partial charge in [-0.1, -0.05) is 42.5 Å². The second-order valence-electron chi connectivity index (χ2n) is 10.5. The first-order valence-electron chi connectivity index (χ1n) is 13.3. The lowest BCUT2D eigenvalue weighted by Gasteiger charge is -2.33. The summed E-state index contributed by atoms with van der Waals surface area (Å²) in [6.07, 6.45) is 4.16.